The molecule has 98 valence electrons. The third kappa shape index (κ3) is 6.91. The van der Waals surface area contributed by atoms with Gasteiger partial charge in [0.1, 0.15) is 0 Å². The molecule has 1 rings (SSSR count). The predicted octanol–water partition coefficient (Wildman–Crippen LogP) is -1.14. The average molecular weight is 243 g/mol. The van der Waals surface area contributed by atoms with Crippen molar-refractivity contribution in [1.82, 2.24) is 16.0 Å². The molecule has 2 amide bonds. The first-order valence-electron chi connectivity index (χ1n) is 5.98. The summed E-state index contributed by atoms with van der Waals surface area (Å²) in [6, 6.07) is 0. The third-order valence-corrected chi connectivity index (χ3v) is 2.46. The van der Waals surface area contributed by atoms with E-state index in [1.165, 1.54) is 0 Å². The van der Waals surface area contributed by atoms with Gasteiger partial charge in [0.25, 0.3) is 0 Å². The summed E-state index contributed by atoms with van der Waals surface area (Å²) in [7, 11) is 1.59. The van der Waals surface area contributed by atoms with Gasteiger partial charge >= 0.3 is 0 Å². The van der Waals surface area contributed by atoms with Crippen LogP contribution in [0.2, 0.25) is 0 Å². The molecule has 0 aromatic rings. The summed E-state index contributed by atoms with van der Waals surface area (Å²) >= 11 is 0. The van der Waals surface area contributed by atoms with E-state index >= 15 is 0 Å². The van der Waals surface area contributed by atoms with E-state index in [9.17, 15) is 9.59 Å². The molecule has 0 spiro atoms. The van der Waals surface area contributed by atoms with Crippen molar-refractivity contribution in [2.75, 3.05) is 39.9 Å². The van der Waals surface area contributed by atoms with Crippen LogP contribution in [0.15, 0.2) is 0 Å². The van der Waals surface area contributed by atoms with Crippen molar-refractivity contribution in [2.24, 2.45) is 5.92 Å². The van der Waals surface area contributed by atoms with Gasteiger partial charge in [-0.1, -0.05) is 0 Å². The van der Waals surface area contributed by atoms with Gasteiger partial charge in [-0.15, -0.1) is 0 Å². The third-order valence-electron chi connectivity index (χ3n) is 2.46. The van der Waals surface area contributed by atoms with E-state index in [1.54, 1.807) is 7.11 Å². The molecule has 1 aliphatic carbocycles. The Balaban J connectivity index is 1.85. The Labute approximate surface area is 101 Å². The standard InChI is InChI=1S/C11H21N3O3/c1-17-7-6-13-10(15)8-12-4-5-14-11(16)9-2-3-9/h9,12H,2-8H2,1H3,(H,13,15)(H,14,16). The fourth-order valence-electron chi connectivity index (χ4n) is 1.32. The van der Waals surface area contributed by atoms with Gasteiger partial charge in [0.05, 0.1) is 13.2 Å². The Morgan fingerprint density at radius 3 is 2.59 bits per heavy atom. The predicted molar refractivity (Wildman–Crippen MR) is 63.5 cm³/mol. The van der Waals surface area contributed by atoms with Crippen LogP contribution in [0, 0.1) is 5.92 Å². The number of ether oxygens (including phenoxy) is 1. The van der Waals surface area contributed by atoms with E-state index < -0.39 is 0 Å². The van der Waals surface area contributed by atoms with Gasteiger partial charge in [0.2, 0.25) is 11.8 Å². The molecule has 1 aliphatic rings. The molecular formula is C11H21N3O3. The first-order valence-corrected chi connectivity index (χ1v) is 5.98. The topological polar surface area (TPSA) is 79.5 Å². The van der Waals surface area contributed by atoms with Crippen molar-refractivity contribution in [3.63, 3.8) is 0 Å². The molecular weight excluding hydrogens is 222 g/mol. The Morgan fingerprint density at radius 1 is 1.18 bits per heavy atom. The lowest BCUT2D eigenvalue weighted by Crippen LogP contribution is -2.39. The van der Waals surface area contributed by atoms with Crippen LogP contribution in [0.4, 0.5) is 0 Å². The zero-order valence-corrected chi connectivity index (χ0v) is 10.3. The van der Waals surface area contributed by atoms with Crippen LogP contribution >= 0.6 is 0 Å². The first kappa shape index (κ1) is 13.9. The molecule has 0 heterocycles. The van der Waals surface area contributed by atoms with Crippen LogP contribution in [0.1, 0.15) is 12.8 Å². The molecule has 6 heteroatoms. The molecule has 0 radical (unpaired) electrons. The van der Waals surface area contributed by atoms with Gasteiger partial charge in [-0.25, -0.2) is 0 Å². The molecule has 1 saturated carbocycles. The Hall–Kier alpha value is -1.14. The zero-order valence-electron chi connectivity index (χ0n) is 10.3. The molecule has 0 unspecified atom stereocenters. The highest BCUT2D eigenvalue weighted by molar-refractivity contribution is 5.80. The van der Waals surface area contributed by atoms with Crippen molar-refractivity contribution in [3.8, 4) is 0 Å². The second kappa shape index (κ2) is 8.03. The minimum absolute atomic E-state index is 0.0597. The molecule has 0 aromatic carbocycles. The molecule has 0 aliphatic heterocycles. The van der Waals surface area contributed by atoms with Gasteiger partial charge in [-0.05, 0) is 12.8 Å². The lowest BCUT2D eigenvalue weighted by Gasteiger charge is -2.07. The summed E-state index contributed by atoms with van der Waals surface area (Å²) in [6.45, 7) is 2.48. The lowest BCUT2D eigenvalue weighted by atomic mass is 10.4. The lowest BCUT2D eigenvalue weighted by molar-refractivity contribution is -0.122. The number of rotatable bonds is 9. The van der Waals surface area contributed by atoms with Crippen molar-refractivity contribution < 1.29 is 14.3 Å². The van der Waals surface area contributed by atoms with Gasteiger partial charge in [0, 0.05) is 32.7 Å². The van der Waals surface area contributed by atoms with Crippen molar-refractivity contribution in [3.05, 3.63) is 0 Å². The van der Waals surface area contributed by atoms with Gasteiger partial charge < -0.3 is 20.7 Å². The summed E-state index contributed by atoms with van der Waals surface area (Å²) in [4.78, 5) is 22.5. The molecule has 0 bridgehead atoms. The maximum atomic E-state index is 11.2. The molecule has 17 heavy (non-hydrogen) atoms. The summed E-state index contributed by atoms with van der Waals surface area (Å²) in [5, 5.41) is 8.47. The second-order valence-electron chi connectivity index (χ2n) is 4.08. The number of carbonyl (C=O) groups excluding carboxylic acids is 2. The van der Waals surface area contributed by atoms with Crippen molar-refractivity contribution >= 4 is 11.8 Å². The zero-order chi connectivity index (χ0) is 12.5. The summed E-state index contributed by atoms with van der Waals surface area (Å²) in [5.41, 5.74) is 0. The highest BCUT2D eigenvalue weighted by atomic mass is 16.5. The van der Waals surface area contributed by atoms with Crippen LogP contribution in [0.25, 0.3) is 0 Å². The largest absolute Gasteiger partial charge is 0.383 e. The molecule has 1 fully saturated rings. The van der Waals surface area contributed by atoms with E-state index in [4.69, 9.17) is 4.74 Å². The van der Waals surface area contributed by atoms with Crippen LogP contribution in [0.5, 0.6) is 0 Å². The SMILES string of the molecule is COCCNC(=O)CNCCNC(=O)C1CC1. The van der Waals surface area contributed by atoms with Gasteiger partial charge in [0.15, 0.2) is 0 Å². The Morgan fingerprint density at radius 2 is 1.94 bits per heavy atom. The van der Waals surface area contributed by atoms with E-state index in [1.807, 2.05) is 0 Å². The molecule has 3 N–H and O–H groups in total. The molecule has 0 atom stereocenters. The average Bonchev–Trinajstić information content (AvgIpc) is 3.12. The number of methoxy groups -OCH3 is 1. The van der Waals surface area contributed by atoms with E-state index in [0.717, 1.165) is 12.8 Å². The number of hydrogen-bond acceptors (Lipinski definition) is 4. The van der Waals surface area contributed by atoms with Crippen molar-refractivity contribution in [1.29, 1.82) is 0 Å². The van der Waals surface area contributed by atoms with Crippen LogP contribution in [-0.2, 0) is 14.3 Å². The summed E-state index contributed by atoms with van der Waals surface area (Å²) in [5.74, 6) is 0.319. The highest BCUT2D eigenvalue weighted by Crippen LogP contribution is 2.28. The number of amides is 2. The second-order valence-corrected chi connectivity index (χ2v) is 4.08. The van der Waals surface area contributed by atoms with Crippen molar-refractivity contribution in [2.45, 2.75) is 12.8 Å². The molecule has 0 saturated heterocycles. The smallest absolute Gasteiger partial charge is 0.234 e. The normalized spacial score (nSPS) is 14.4. The Kier molecular flexibility index (Phi) is 6.57. The van der Waals surface area contributed by atoms with E-state index in [-0.39, 0.29) is 24.3 Å². The van der Waals surface area contributed by atoms with Crippen LogP contribution < -0.4 is 16.0 Å². The minimum Gasteiger partial charge on any atom is -0.383 e. The quantitative estimate of drug-likeness (QED) is 0.447. The van der Waals surface area contributed by atoms with Gasteiger partial charge in [-0.2, -0.15) is 0 Å². The minimum atomic E-state index is -0.0597. The number of nitrogens with one attached hydrogen (secondary N) is 3. The van der Waals surface area contributed by atoms with E-state index in [2.05, 4.69) is 16.0 Å². The highest BCUT2D eigenvalue weighted by Gasteiger charge is 2.28. The van der Waals surface area contributed by atoms with E-state index in [0.29, 0.717) is 26.2 Å². The van der Waals surface area contributed by atoms with Crippen LogP contribution in [-0.4, -0.2) is 51.7 Å². The van der Waals surface area contributed by atoms with Crippen LogP contribution in [0.3, 0.4) is 0 Å². The maximum absolute atomic E-state index is 11.2. The molecule has 6 nitrogen and oxygen atoms in total. The maximum Gasteiger partial charge on any atom is 0.234 e. The summed E-state index contributed by atoms with van der Waals surface area (Å²) in [6.07, 6.45) is 2.03. The monoisotopic (exact) mass is 243 g/mol. The molecule has 0 aromatic heterocycles. The number of hydrogen-bond donors (Lipinski definition) is 3. The summed E-state index contributed by atoms with van der Waals surface area (Å²) < 4.78 is 4.81. The number of carbonyl (C=O) groups is 2. The first-order chi connectivity index (χ1) is 8.24. The fraction of sp³-hybridized carbons (Fsp3) is 0.818. The fourth-order valence-corrected chi connectivity index (χ4v) is 1.32. The Bertz CT molecular complexity index is 254. The van der Waals surface area contributed by atoms with Gasteiger partial charge in [-0.3, -0.25) is 9.59 Å².